The Morgan fingerprint density at radius 1 is 1.44 bits per heavy atom. The summed E-state index contributed by atoms with van der Waals surface area (Å²) in [5.74, 6) is 0.389. The lowest BCUT2D eigenvalue weighted by molar-refractivity contribution is -0.128. The number of amides is 1. The van der Waals surface area contributed by atoms with Crippen molar-refractivity contribution in [3.63, 3.8) is 0 Å². The molecule has 0 aromatic heterocycles. The molecule has 0 atom stereocenters. The Morgan fingerprint density at radius 2 is 2.00 bits per heavy atom. The highest BCUT2D eigenvalue weighted by Crippen LogP contribution is 2.16. The summed E-state index contributed by atoms with van der Waals surface area (Å²) in [7, 11) is 2.09. The summed E-state index contributed by atoms with van der Waals surface area (Å²) in [6.45, 7) is 9.75. The highest BCUT2D eigenvalue weighted by molar-refractivity contribution is 6.19. The molecule has 0 bridgehead atoms. The third kappa shape index (κ3) is 5.71. The second-order valence-electron chi connectivity index (χ2n) is 5.20. The van der Waals surface area contributed by atoms with Crippen LogP contribution in [0.2, 0.25) is 0 Å². The average Bonchev–Trinajstić information content (AvgIpc) is 2.23. The molecule has 0 spiro atoms. The van der Waals surface area contributed by atoms with E-state index in [4.69, 9.17) is 11.6 Å². The normalized spacial score (nSPS) is 12.2. The van der Waals surface area contributed by atoms with Crippen molar-refractivity contribution in [3.8, 4) is 0 Å². The third-order valence-corrected chi connectivity index (χ3v) is 3.47. The predicted molar refractivity (Wildman–Crippen MR) is 69.9 cm³/mol. The topological polar surface area (TPSA) is 32.3 Å². The first-order valence-electron chi connectivity index (χ1n) is 5.85. The van der Waals surface area contributed by atoms with Gasteiger partial charge in [-0.2, -0.15) is 0 Å². The number of alkyl halides is 1. The number of hydrogen-bond acceptors (Lipinski definition) is 2. The molecule has 4 heteroatoms. The smallest absolute Gasteiger partial charge is 0.226 e. The van der Waals surface area contributed by atoms with Crippen molar-refractivity contribution in [1.82, 2.24) is 10.2 Å². The molecule has 0 aromatic carbocycles. The molecule has 0 saturated heterocycles. The molecule has 0 radical (unpaired) electrons. The van der Waals surface area contributed by atoms with Crippen molar-refractivity contribution < 1.29 is 4.79 Å². The molecule has 0 rings (SSSR count). The van der Waals surface area contributed by atoms with E-state index in [0.717, 1.165) is 19.5 Å². The molecule has 16 heavy (non-hydrogen) atoms. The van der Waals surface area contributed by atoms with Crippen LogP contribution in [0, 0.1) is 5.41 Å². The first-order chi connectivity index (χ1) is 7.31. The maximum atomic E-state index is 11.7. The van der Waals surface area contributed by atoms with E-state index < -0.39 is 5.41 Å². The summed E-state index contributed by atoms with van der Waals surface area (Å²) in [4.78, 5) is 13.9. The molecule has 0 aliphatic heterocycles. The van der Waals surface area contributed by atoms with E-state index >= 15 is 0 Å². The van der Waals surface area contributed by atoms with Gasteiger partial charge in [0.05, 0.1) is 5.41 Å². The van der Waals surface area contributed by atoms with E-state index in [0.29, 0.717) is 11.9 Å². The van der Waals surface area contributed by atoms with Gasteiger partial charge < -0.3 is 10.2 Å². The summed E-state index contributed by atoms with van der Waals surface area (Å²) in [6, 6.07) is 0.551. The minimum atomic E-state index is -0.467. The van der Waals surface area contributed by atoms with Crippen molar-refractivity contribution >= 4 is 17.5 Å². The van der Waals surface area contributed by atoms with Crippen molar-refractivity contribution in [3.05, 3.63) is 0 Å². The van der Waals surface area contributed by atoms with Crippen LogP contribution >= 0.6 is 11.6 Å². The minimum Gasteiger partial charge on any atom is -0.356 e. The maximum absolute atomic E-state index is 11.7. The number of nitrogens with zero attached hydrogens (tertiary/aromatic N) is 1. The molecular formula is C12H25ClN2O. The fourth-order valence-corrected chi connectivity index (χ4v) is 1.21. The zero-order valence-corrected chi connectivity index (χ0v) is 11.9. The maximum Gasteiger partial charge on any atom is 0.226 e. The van der Waals surface area contributed by atoms with Crippen LogP contribution in [0.3, 0.4) is 0 Å². The van der Waals surface area contributed by atoms with E-state index in [9.17, 15) is 4.79 Å². The van der Waals surface area contributed by atoms with Gasteiger partial charge in [0.1, 0.15) is 0 Å². The quantitative estimate of drug-likeness (QED) is 0.553. The summed E-state index contributed by atoms with van der Waals surface area (Å²) in [5, 5.41) is 2.92. The Balaban J connectivity index is 3.72. The third-order valence-electron chi connectivity index (χ3n) is 2.80. The van der Waals surface area contributed by atoms with E-state index in [1.165, 1.54) is 0 Å². The van der Waals surface area contributed by atoms with Crippen molar-refractivity contribution in [2.24, 2.45) is 5.41 Å². The molecule has 0 aromatic rings. The van der Waals surface area contributed by atoms with Crippen molar-refractivity contribution in [2.45, 2.75) is 40.2 Å². The van der Waals surface area contributed by atoms with Crippen molar-refractivity contribution in [1.29, 1.82) is 0 Å². The number of rotatable bonds is 7. The summed E-state index contributed by atoms with van der Waals surface area (Å²) in [5.41, 5.74) is -0.467. The molecule has 0 fully saturated rings. The average molecular weight is 249 g/mol. The second-order valence-corrected chi connectivity index (χ2v) is 5.47. The molecule has 0 aliphatic carbocycles. The Morgan fingerprint density at radius 3 is 2.44 bits per heavy atom. The molecule has 0 unspecified atom stereocenters. The summed E-state index contributed by atoms with van der Waals surface area (Å²) >= 11 is 5.72. The molecule has 3 nitrogen and oxygen atoms in total. The van der Waals surface area contributed by atoms with Crippen LogP contribution in [0.5, 0.6) is 0 Å². The number of hydrogen-bond donors (Lipinski definition) is 1. The predicted octanol–water partition coefficient (Wildman–Crippen LogP) is 2.10. The van der Waals surface area contributed by atoms with Crippen LogP contribution in [0.1, 0.15) is 34.1 Å². The van der Waals surface area contributed by atoms with E-state index in [-0.39, 0.29) is 5.91 Å². The van der Waals surface area contributed by atoms with Gasteiger partial charge in [-0.05, 0) is 47.7 Å². The van der Waals surface area contributed by atoms with Crippen LogP contribution in [-0.2, 0) is 4.79 Å². The van der Waals surface area contributed by atoms with Gasteiger partial charge in [-0.15, -0.1) is 11.6 Å². The highest BCUT2D eigenvalue weighted by atomic mass is 35.5. The Labute approximate surface area is 105 Å². The number of carbonyl (C=O) groups excluding carboxylic acids is 1. The largest absolute Gasteiger partial charge is 0.356 e. The lowest BCUT2D eigenvalue weighted by Gasteiger charge is -2.23. The zero-order valence-electron chi connectivity index (χ0n) is 11.1. The van der Waals surface area contributed by atoms with Crippen LogP contribution < -0.4 is 5.32 Å². The lowest BCUT2D eigenvalue weighted by Crippen LogP contribution is -2.39. The van der Waals surface area contributed by atoms with Crippen LogP contribution in [-0.4, -0.2) is 42.9 Å². The Bertz CT molecular complexity index is 217. The van der Waals surface area contributed by atoms with Gasteiger partial charge in [0.2, 0.25) is 5.91 Å². The SMILES string of the molecule is CC(C)N(C)CCCNC(=O)C(C)(C)CCl. The van der Waals surface area contributed by atoms with Gasteiger partial charge in [0, 0.05) is 18.5 Å². The number of carbonyl (C=O) groups is 1. The van der Waals surface area contributed by atoms with Gasteiger partial charge in [0.25, 0.3) is 0 Å². The van der Waals surface area contributed by atoms with Crippen LogP contribution in [0.4, 0.5) is 0 Å². The van der Waals surface area contributed by atoms with Gasteiger partial charge in [-0.1, -0.05) is 0 Å². The first-order valence-corrected chi connectivity index (χ1v) is 6.39. The van der Waals surface area contributed by atoms with Crippen molar-refractivity contribution in [2.75, 3.05) is 26.0 Å². The fourth-order valence-electron chi connectivity index (χ4n) is 1.09. The van der Waals surface area contributed by atoms with Crippen LogP contribution in [0.15, 0.2) is 0 Å². The Hall–Kier alpha value is -0.280. The lowest BCUT2D eigenvalue weighted by atomic mass is 9.95. The molecule has 0 heterocycles. The highest BCUT2D eigenvalue weighted by Gasteiger charge is 2.25. The molecule has 0 saturated carbocycles. The molecular weight excluding hydrogens is 224 g/mol. The summed E-state index contributed by atoms with van der Waals surface area (Å²) in [6.07, 6.45) is 0.971. The molecule has 96 valence electrons. The van der Waals surface area contributed by atoms with Crippen LogP contribution in [0.25, 0.3) is 0 Å². The standard InChI is InChI=1S/C12H25ClN2O/c1-10(2)15(5)8-6-7-14-11(16)12(3,4)9-13/h10H,6-9H2,1-5H3,(H,14,16). The van der Waals surface area contributed by atoms with E-state index in [2.05, 4.69) is 31.1 Å². The second kappa shape index (κ2) is 7.13. The van der Waals surface area contributed by atoms with E-state index in [1.54, 1.807) is 0 Å². The Kier molecular flexibility index (Phi) is 7.00. The number of halogens is 1. The molecule has 0 aliphatic rings. The van der Waals surface area contributed by atoms with E-state index in [1.807, 2.05) is 13.8 Å². The fraction of sp³-hybridized carbons (Fsp3) is 0.917. The monoisotopic (exact) mass is 248 g/mol. The molecule has 1 N–H and O–H groups in total. The minimum absolute atomic E-state index is 0.0368. The van der Waals surface area contributed by atoms with Gasteiger partial charge in [0.15, 0.2) is 0 Å². The summed E-state index contributed by atoms with van der Waals surface area (Å²) < 4.78 is 0. The number of nitrogens with one attached hydrogen (secondary N) is 1. The van der Waals surface area contributed by atoms with Gasteiger partial charge in [-0.3, -0.25) is 4.79 Å². The zero-order chi connectivity index (χ0) is 12.8. The van der Waals surface area contributed by atoms with Gasteiger partial charge >= 0.3 is 0 Å². The first kappa shape index (κ1) is 15.7. The molecule has 1 amide bonds. The van der Waals surface area contributed by atoms with Gasteiger partial charge in [-0.25, -0.2) is 0 Å².